The van der Waals surface area contributed by atoms with Gasteiger partial charge in [0.1, 0.15) is 18.1 Å². The van der Waals surface area contributed by atoms with Crippen molar-refractivity contribution in [2.24, 2.45) is 5.92 Å². The lowest BCUT2D eigenvalue weighted by molar-refractivity contribution is 0.0763. The van der Waals surface area contributed by atoms with Crippen molar-refractivity contribution in [3.05, 3.63) is 35.0 Å². The van der Waals surface area contributed by atoms with Crippen LogP contribution in [0.3, 0.4) is 0 Å². The molecule has 0 saturated heterocycles. The number of rotatable bonds is 8. The van der Waals surface area contributed by atoms with Crippen molar-refractivity contribution < 1.29 is 14.1 Å². The number of methoxy groups -OCH3 is 1. The van der Waals surface area contributed by atoms with Gasteiger partial charge in [-0.15, -0.1) is 0 Å². The van der Waals surface area contributed by atoms with Crippen LogP contribution < -0.4 is 0 Å². The van der Waals surface area contributed by atoms with Gasteiger partial charge in [-0.05, 0) is 25.3 Å². The van der Waals surface area contributed by atoms with Gasteiger partial charge in [0.25, 0.3) is 5.91 Å². The minimum absolute atomic E-state index is 0.202. The Balaban J connectivity index is 2.06. The largest absolute Gasteiger partial charge is 0.384 e. The fourth-order valence-electron chi connectivity index (χ4n) is 2.38. The van der Waals surface area contributed by atoms with E-state index in [1.54, 1.807) is 27.1 Å². The van der Waals surface area contributed by atoms with Gasteiger partial charge in [-0.3, -0.25) is 4.79 Å². The van der Waals surface area contributed by atoms with E-state index in [0.717, 1.165) is 12.1 Å². The van der Waals surface area contributed by atoms with Gasteiger partial charge < -0.3 is 14.2 Å². The maximum atomic E-state index is 12.6. The van der Waals surface area contributed by atoms with Gasteiger partial charge in [0.2, 0.25) is 5.89 Å². The number of nitrogens with zero attached hydrogens (tertiary/aromatic N) is 5. The Morgan fingerprint density at radius 2 is 2.08 bits per heavy atom. The number of hydrogen-bond donors (Lipinski definition) is 0. The van der Waals surface area contributed by atoms with Crippen LogP contribution in [0.4, 0.5) is 0 Å². The normalized spacial score (nSPS) is 11.1. The highest BCUT2D eigenvalue weighted by Gasteiger charge is 2.18. The number of aryl methyl sites for hydroxylation is 1. The van der Waals surface area contributed by atoms with Crippen LogP contribution in [0.25, 0.3) is 0 Å². The molecule has 136 valence electrons. The molecule has 0 aliphatic carbocycles. The summed E-state index contributed by atoms with van der Waals surface area (Å²) in [5.74, 6) is 1.80. The molecular weight excluding hydrogens is 322 g/mol. The predicted molar refractivity (Wildman–Crippen MR) is 91.0 cm³/mol. The zero-order valence-electron chi connectivity index (χ0n) is 15.4. The van der Waals surface area contributed by atoms with Crippen LogP contribution in [0.1, 0.15) is 47.6 Å². The molecule has 0 saturated carbocycles. The molecule has 0 bridgehead atoms. The van der Waals surface area contributed by atoms with Gasteiger partial charge in [0, 0.05) is 26.3 Å². The van der Waals surface area contributed by atoms with Gasteiger partial charge in [0.15, 0.2) is 5.82 Å². The van der Waals surface area contributed by atoms with Crippen molar-refractivity contribution in [2.45, 2.75) is 40.2 Å². The van der Waals surface area contributed by atoms with E-state index in [9.17, 15) is 4.79 Å². The number of carbonyl (C=O) groups is 1. The lowest BCUT2D eigenvalue weighted by Gasteiger charge is -2.15. The molecule has 0 aliphatic rings. The maximum Gasteiger partial charge on any atom is 0.272 e. The molecule has 8 heteroatoms. The molecule has 2 aromatic rings. The summed E-state index contributed by atoms with van der Waals surface area (Å²) in [6.45, 7) is 6.76. The predicted octanol–water partition coefficient (Wildman–Crippen LogP) is 1.83. The molecule has 25 heavy (non-hydrogen) atoms. The first kappa shape index (κ1) is 19.0. The number of amides is 1. The Labute approximate surface area is 147 Å². The van der Waals surface area contributed by atoms with Crippen LogP contribution in [0, 0.1) is 12.8 Å². The van der Waals surface area contributed by atoms with Crippen LogP contribution in [-0.4, -0.2) is 51.7 Å². The second-order valence-corrected chi connectivity index (χ2v) is 6.40. The molecule has 0 radical (unpaired) electrons. The fourth-order valence-corrected chi connectivity index (χ4v) is 2.38. The molecule has 2 heterocycles. The lowest BCUT2D eigenvalue weighted by atomic mass is 10.1. The average molecular weight is 347 g/mol. The zero-order chi connectivity index (χ0) is 18.4. The fraction of sp³-hybridized carbons (Fsp3) is 0.588. The quantitative estimate of drug-likeness (QED) is 0.719. The Hall–Kier alpha value is -2.35. The SMILES string of the molecule is COCCc1noc(CN(C)C(=O)c2cc(CC(C)C)nc(C)n2)n1. The third-order valence-corrected chi connectivity index (χ3v) is 3.49. The van der Waals surface area contributed by atoms with Gasteiger partial charge in [-0.25, -0.2) is 9.97 Å². The maximum absolute atomic E-state index is 12.6. The second kappa shape index (κ2) is 8.66. The molecule has 0 aromatic carbocycles. The van der Waals surface area contributed by atoms with E-state index in [4.69, 9.17) is 9.26 Å². The Kier molecular flexibility index (Phi) is 6.58. The standard InChI is InChI=1S/C17H25N5O3/c1-11(2)8-13-9-14(19-12(3)18-13)17(23)22(4)10-16-20-15(21-25-16)6-7-24-5/h9,11H,6-8,10H2,1-5H3. The van der Waals surface area contributed by atoms with Gasteiger partial charge in [-0.1, -0.05) is 19.0 Å². The van der Waals surface area contributed by atoms with Crippen LogP contribution >= 0.6 is 0 Å². The van der Waals surface area contributed by atoms with Crippen molar-refractivity contribution in [3.8, 4) is 0 Å². The Morgan fingerprint density at radius 3 is 2.76 bits per heavy atom. The van der Waals surface area contributed by atoms with Gasteiger partial charge in [-0.2, -0.15) is 4.98 Å². The molecule has 0 aliphatic heterocycles. The van der Waals surface area contributed by atoms with Crippen LogP contribution in [0.5, 0.6) is 0 Å². The molecule has 8 nitrogen and oxygen atoms in total. The molecule has 2 aromatic heterocycles. The number of hydrogen-bond acceptors (Lipinski definition) is 7. The number of carbonyl (C=O) groups excluding carboxylic acids is 1. The van der Waals surface area contributed by atoms with Crippen LogP contribution in [-0.2, 0) is 24.1 Å². The van der Waals surface area contributed by atoms with E-state index < -0.39 is 0 Å². The van der Waals surface area contributed by atoms with Crippen LogP contribution in [0.2, 0.25) is 0 Å². The summed E-state index contributed by atoms with van der Waals surface area (Å²) in [7, 11) is 3.30. The summed E-state index contributed by atoms with van der Waals surface area (Å²) >= 11 is 0. The van der Waals surface area contributed by atoms with Crippen LogP contribution in [0.15, 0.2) is 10.6 Å². The molecule has 0 spiro atoms. The topological polar surface area (TPSA) is 94.2 Å². The first-order valence-electron chi connectivity index (χ1n) is 8.29. The molecule has 2 rings (SSSR count). The Morgan fingerprint density at radius 1 is 1.32 bits per heavy atom. The van der Waals surface area contributed by atoms with Crippen molar-refractivity contribution in [2.75, 3.05) is 20.8 Å². The van der Waals surface area contributed by atoms with Gasteiger partial charge in [0.05, 0.1) is 6.61 Å². The minimum atomic E-state index is -0.202. The van der Waals surface area contributed by atoms with Crippen molar-refractivity contribution in [1.82, 2.24) is 25.0 Å². The first-order valence-corrected chi connectivity index (χ1v) is 8.29. The molecular formula is C17H25N5O3. The zero-order valence-corrected chi connectivity index (χ0v) is 15.4. The Bertz CT molecular complexity index is 714. The smallest absolute Gasteiger partial charge is 0.272 e. The summed E-state index contributed by atoms with van der Waals surface area (Å²) in [6, 6.07) is 1.75. The molecule has 0 unspecified atom stereocenters. The summed E-state index contributed by atoms with van der Waals surface area (Å²) in [6.07, 6.45) is 1.38. The summed E-state index contributed by atoms with van der Waals surface area (Å²) in [5, 5.41) is 3.87. The van der Waals surface area contributed by atoms with Crippen molar-refractivity contribution in [1.29, 1.82) is 0 Å². The van der Waals surface area contributed by atoms with E-state index in [1.165, 1.54) is 4.90 Å². The van der Waals surface area contributed by atoms with E-state index >= 15 is 0 Å². The monoisotopic (exact) mass is 347 g/mol. The minimum Gasteiger partial charge on any atom is -0.384 e. The molecule has 0 atom stereocenters. The number of ether oxygens (including phenoxy) is 1. The third-order valence-electron chi connectivity index (χ3n) is 3.49. The van der Waals surface area contributed by atoms with E-state index in [2.05, 4.69) is 34.0 Å². The molecule has 0 N–H and O–H groups in total. The summed E-state index contributed by atoms with van der Waals surface area (Å²) in [5.41, 5.74) is 1.25. The van der Waals surface area contributed by atoms with E-state index in [1.807, 2.05) is 0 Å². The summed E-state index contributed by atoms with van der Waals surface area (Å²) in [4.78, 5) is 27.1. The first-order chi connectivity index (χ1) is 11.9. The van der Waals surface area contributed by atoms with E-state index in [0.29, 0.717) is 42.2 Å². The molecule has 0 fully saturated rings. The highest BCUT2D eigenvalue weighted by atomic mass is 16.5. The summed E-state index contributed by atoms with van der Waals surface area (Å²) < 4.78 is 10.2. The van der Waals surface area contributed by atoms with Crippen molar-refractivity contribution in [3.63, 3.8) is 0 Å². The highest BCUT2D eigenvalue weighted by molar-refractivity contribution is 5.92. The second-order valence-electron chi connectivity index (χ2n) is 6.40. The third kappa shape index (κ3) is 5.60. The highest BCUT2D eigenvalue weighted by Crippen LogP contribution is 2.11. The van der Waals surface area contributed by atoms with Crippen molar-refractivity contribution >= 4 is 5.91 Å². The average Bonchev–Trinajstić information content (AvgIpc) is 2.98. The van der Waals surface area contributed by atoms with Gasteiger partial charge >= 0.3 is 0 Å². The number of aromatic nitrogens is 4. The molecule has 1 amide bonds. The van der Waals surface area contributed by atoms with E-state index in [-0.39, 0.29) is 12.5 Å². The lowest BCUT2D eigenvalue weighted by Crippen LogP contribution is -2.27.